The number of hydrogen-bond donors (Lipinski definition) is 1. The summed E-state index contributed by atoms with van der Waals surface area (Å²) in [5.74, 6) is 0. The van der Waals surface area contributed by atoms with Gasteiger partial charge in [-0.15, -0.1) is 0 Å². The summed E-state index contributed by atoms with van der Waals surface area (Å²) in [6.07, 6.45) is 6.59. The fraction of sp³-hybridized carbons (Fsp3) is 1.00. The highest BCUT2D eigenvalue weighted by molar-refractivity contribution is 4.90. The van der Waals surface area contributed by atoms with E-state index in [-0.39, 0.29) is 0 Å². The Morgan fingerprint density at radius 3 is 2.88 bits per heavy atom. The molecule has 0 radical (unpaired) electrons. The van der Waals surface area contributed by atoms with Gasteiger partial charge in [0, 0.05) is 37.8 Å². The normalized spacial score (nSPS) is 33.4. The van der Waals surface area contributed by atoms with Gasteiger partial charge in [0.2, 0.25) is 0 Å². The molecular formula is C14H29N3. The minimum atomic E-state index is 0.373. The van der Waals surface area contributed by atoms with Gasteiger partial charge in [-0.2, -0.15) is 0 Å². The van der Waals surface area contributed by atoms with E-state index < -0.39 is 0 Å². The van der Waals surface area contributed by atoms with Crippen LogP contribution in [-0.4, -0.2) is 54.1 Å². The van der Waals surface area contributed by atoms with Crippen LogP contribution in [0.2, 0.25) is 0 Å². The molecule has 0 aliphatic carbocycles. The van der Waals surface area contributed by atoms with Gasteiger partial charge in [-0.25, -0.2) is 0 Å². The summed E-state index contributed by atoms with van der Waals surface area (Å²) in [7, 11) is 0. The van der Waals surface area contributed by atoms with Crippen molar-refractivity contribution in [3.63, 3.8) is 0 Å². The number of hydrogen-bond acceptors (Lipinski definition) is 3. The highest BCUT2D eigenvalue weighted by Crippen LogP contribution is 2.24. The van der Waals surface area contributed by atoms with E-state index in [2.05, 4.69) is 23.6 Å². The van der Waals surface area contributed by atoms with E-state index in [1.807, 2.05) is 0 Å². The Balaban J connectivity index is 1.86. The quantitative estimate of drug-likeness (QED) is 0.810. The van der Waals surface area contributed by atoms with Crippen molar-refractivity contribution in [2.45, 2.75) is 64.1 Å². The van der Waals surface area contributed by atoms with Crippen molar-refractivity contribution in [3.05, 3.63) is 0 Å². The summed E-state index contributed by atoms with van der Waals surface area (Å²) in [6, 6.07) is 1.87. The third-order valence-electron chi connectivity index (χ3n) is 4.44. The van der Waals surface area contributed by atoms with Crippen LogP contribution in [0.25, 0.3) is 0 Å². The molecule has 2 rings (SSSR count). The monoisotopic (exact) mass is 239 g/mol. The van der Waals surface area contributed by atoms with Crippen LogP contribution >= 0.6 is 0 Å². The van der Waals surface area contributed by atoms with Crippen LogP contribution in [0, 0.1) is 0 Å². The molecular weight excluding hydrogens is 210 g/mol. The fourth-order valence-corrected chi connectivity index (χ4v) is 3.43. The minimum absolute atomic E-state index is 0.373. The summed E-state index contributed by atoms with van der Waals surface area (Å²) in [6.45, 7) is 9.51. The molecule has 0 saturated carbocycles. The Labute approximate surface area is 106 Å². The molecule has 0 aromatic carbocycles. The molecule has 2 fully saturated rings. The first-order valence-corrected chi connectivity index (χ1v) is 7.44. The standard InChI is InChI=1S/C14H29N3/c1-3-6-13(15)10-17-11-14-7-4-5-8-16(14)9-12(17)2/h12-14H,3-11,15H2,1-2H3. The summed E-state index contributed by atoms with van der Waals surface area (Å²) in [5, 5.41) is 0. The van der Waals surface area contributed by atoms with Gasteiger partial charge < -0.3 is 5.73 Å². The maximum Gasteiger partial charge on any atom is 0.0223 e. The zero-order chi connectivity index (χ0) is 12.3. The molecule has 3 unspecified atom stereocenters. The molecule has 2 aliphatic heterocycles. The van der Waals surface area contributed by atoms with Crippen LogP contribution in [0.1, 0.15) is 46.0 Å². The lowest BCUT2D eigenvalue weighted by molar-refractivity contribution is 0.0123. The van der Waals surface area contributed by atoms with Crippen LogP contribution in [0.3, 0.4) is 0 Å². The van der Waals surface area contributed by atoms with Crippen LogP contribution in [-0.2, 0) is 0 Å². The van der Waals surface area contributed by atoms with Crippen LogP contribution in [0.4, 0.5) is 0 Å². The first-order chi connectivity index (χ1) is 8.20. The minimum Gasteiger partial charge on any atom is -0.327 e. The number of rotatable bonds is 4. The second kappa shape index (κ2) is 6.17. The molecule has 3 heteroatoms. The molecule has 3 atom stereocenters. The Morgan fingerprint density at radius 1 is 1.29 bits per heavy atom. The number of fused-ring (bicyclic) bond motifs is 1. The van der Waals surface area contributed by atoms with Gasteiger partial charge in [0.15, 0.2) is 0 Å². The van der Waals surface area contributed by atoms with Crippen molar-refractivity contribution in [2.24, 2.45) is 5.73 Å². The SMILES string of the molecule is CCCC(N)CN1CC2CCCCN2CC1C. The van der Waals surface area contributed by atoms with E-state index in [1.165, 1.54) is 45.3 Å². The van der Waals surface area contributed by atoms with Crippen LogP contribution < -0.4 is 5.73 Å². The number of piperazine rings is 1. The van der Waals surface area contributed by atoms with Crippen molar-refractivity contribution in [1.82, 2.24) is 9.80 Å². The van der Waals surface area contributed by atoms with E-state index in [0.717, 1.165) is 19.0 Å². The molecule has 3 nitrogen and oxygen atoms in total. The van der Waals surface area contributed by atoms with E-state index in [9.17, 15) is 0 Å². The summed E-state index contributed by atoms with van der Waals surface area (Å²) in [5.41, 5.74) is 6.19. The fourth-order valence-electron chi connectivity index (χ4n) is 3.43. The molecule has 100 valence electrons. The average Bonchev–Trinajstić information content (AvgIpc) is 2.30. The van der Waals surface area contributed by atoms with Gasteiger partial charge >= 0.3 is 0 Å². The van der Waals surface area contributed by atoms with Crippen molar-refractivity contribution >= 4 is 0 Å². The predicted octanol–water partition coefficient (Wildman–Crippen LogP) is 1.67. The van der Waals surface area contributed by atoms with Gasteiger partial charge in [-0.3, -0.25) is 9.80 Å². The van der Waals surface area contributed by atoms with Gasteiger partial charge in [0.25, 0.3) is 0 Å². The van der Waals surface area contributed by atoms with Gasteiger partial charge in [-0.1, -0.05) is 19.8 Å². The largest absolute Gasteiger partial charge is 0.327 e. The second-order valence-corrected chi connectivity index (χ2v) is 6.00. The molecule has 0 aromatic heterocycles. The molecule has 0 bridgehead atoms. The smallest absolute Gasteiger partial charge is 0.0223 e. The van der Waals surface area contributed by atoms with Crippen molar-refractivity contribution in [3.8, 4) is 0 Å². The molecule has 0 spiro atoms. The Hall–Kier alpha value is -0.120. The maximum absolute atomic E-state index is 6.19. The highest BCUT2D eigenvalue weighted by atomic mass is 15.3. The Bertz CT molecular complexity index is 232. The van der Waals surface area contributed by atoms with Crippen LogP contribution in [0.5, 0.6) is 0 Å². The molecule has 2 N–H and O–H groups in total. The first-order valence-electron chi connectivity index (χ1n) is 7.44. The molecule has 17 heavy (non-hydrogen) atoms. The summed E-state index contributed by atoms with van der Waals surface area (Å²) >= 11 is 0. The Morgan fingerprint density at radius 2 is 2.12 bits per heavy atom. The molecule has 2 aliphatic rings. The lowest BCUT2D eigenvalue weighted by Crippen LogP contribution is -2.60. The van der Waals surface area contributed by atoms with E-state index >= 15 is 0 Å². The summed E-state index contributed by atoms with van der Waals surface area (Å²) < 4.78 is 0. The molecule has 0 aromatic rings. The molecule has 2 heterocycles. The number of nitrogens with zero attached hydrogens (tertiary/aromatic N) is 2. The number of piperidine rings is 1. The average molecular weight is 239 g/mol. The highest BCUT2D eigenvalue weighted by Gasteiger charge is 2.33. The zero-order valence-electron chi connectivity index (χ0n) is 11.6. The van der Waals surface area contributed by atoms with Gasteiger partial charge in [0.05, 0.1) is 0 Å². The van der Waals surface area contributed by atoms with Crippen LogP contribution in [0.15, 0.2) is 0 Å². The zero-order valence-corrected chi connectivity index (χ0v) is 11.6. The second-order valence-electron chi connectivity index (χ2n) is 6.00. The topological polar surface area (TPSA) is 32.5 Å². The van der Waals surface area contributed by atoms with Gasteiger partial charge in [0.1, 0.15) is 0 Å². The first kappa shape index (κ1) is 13.3. The van der Waals surface area contributed by atoms with Crippen molar-refractivity contribution < 1.29 is 0 Å². The third-order valence-corrected chi connectivity index (χ3v) is 4.44. The van der Waals surface area contributed by atoms with E-state index in [1.54, 1.807) is 0 Å². The maximum atomic E-state index is 6.19. The van der Waals surface area contributed by atoms with E-state index in [0.29, 0.717) is 12.1 Å². The van der Waals surface area contributed by atoms with Crippen molar-refractivity contribution in [2.75, 3.05) is 26.2 Å². The molecule has 2 saturated heterocycles. The Kier molecular flexibility index (Phi) is 4.83. The number of nitrogens with two attached hydrogens (primary N) is 1. The lowest BCUT2D eigenvalue weighted by Gasteiger charge is -2.48. The van der Waals surface area contributed by atoms with Crippen molar-refractivity contribution in [1.29, 1.82) is 0 Å². The van der Waals surface area contributed by atoms with E-state index in [4.69, 9.17) is 5.73 Å². The van der Waals surface area contributed by atoms with Gasteiger partial charge in [-0.05, 0) is 32.7 Å². The lowest BCUT2D eigenvalue weighted by atomic mass is 9.96. The third kappa shape index (κ3) is 3.43. The molecule has 0 amide bonds. The summed E-state index contributed by atoms with van der Waals surface area (Å²) in [4.78, 5) is 5.34. The predicted molar refractivity (Wildman–Crippen MR) is 73.1 cm³/mol.